The molecule has 23 heavy (non-hydrogen) atoms. The third-order valence-electron chi connectivity index (χ3n) is 4.00. The van der Waals surface area contributed by atoms with Crippen molar-refractivity contribution >= 4 is 11.6 Å². The number of aryl methyl sites for hydroxylation is 1. The Bertz CT molecular complexity index is 883. The summed E-state index contributed by atoms with van der Waals surface area (Å²) >= 11 is 6.48. The van der Waals surface area contributed by atoms with Crippen LogP contribution in [-0.2, 0) is 17.9 Å². The van der Waals surface area contributed by atoms with Gasteiger partial charge in [-0.2, -0.15) is 5.10 Å². The molecule has 3 aromatic rings. The van der Waals surface area contributed by atoms with Crippen LogP contribution >= 0.6 is 11.6 Å². The SMILES string of the molecule is CCOCc1nc2n(n1)Cc1c(C)ncn1-c1cccc(Cl)c1-2. The highest BCUT2D eigenvalue weighted by Gasteiger charge is 2.25. The van der Waals surface area contributed by atoms with E-state index in [0.717, 1.165) is 28.5 Å². The van der Waals surface area contributed by atoms with Gasteiger partial charge in [-0.3, -0.25) is 0 Å². The number of halogens is 1. The summed E-state index contributed by atoms with van der Waals surface area (Å²) < 4.78 is 9.38. The Balaban J connectivity index is 1.96. The summed E-state index contributed by atoms with van der Waals surface area (Å²) in [5, 5.41) is 5.24. The summed E-state index contributed by atoms with van der Waals surface area (Å²) in [7, 11) is 0. The summed E-state index contributed by atoms with van der Waals surface area (Å²) in [6, 6.07) is 5.84. The maximum Gasteiger partial charge on any atom is 0.176 e. The van der Waals surface area contributed by atoms with Crippen LogP contribution in [-0.4, -0.2) is 30.9 Å². The van der Waals surface area contributed by atoms with Crippen molar-refractivity contribution in [2.75, 3.05) is 6.61 Å². The van der Waals surface area contributed by atoms with Gasteiger partial charge in [0, 0.05) is 6.61 Å². The molecule has 0 atom stereocenters. The minimum absolute atomic E-state index is 0.397. The number of imidazole rings is 1. The van der Waals surface area contributed by atoms with E-state index in [2.05, 4.69) is 19.6 Å². The summed E-state index contributed by atoms with van der Waals surface area (Å²) in [5.74, 6) is 1.43. The van der Waals surface area contributed by atoms with Crippen LogP contribution in [0.1, 0.15) is 24.1 Å². The maximum absolute atomic E-state index is 6.48. The summed E-state index contributed by atoms with van der Waals surface area (Å²) in [5.41, 5.74) is 3.91. The van der Waals surface area contributed by atoms with Crippen LogP contribution in [0.15, 0.2) is 24.5 Å². The van der Waals surface area contributed by atoms with Gasteiger partial charge in [0.05, 0.1) is 40.5 Å². The van der Waals surface area contributed by atoms with E-state index in [1.54, 1.807) is 0 Å². The predicted molar refractivity (Wildman–Crippen MR) is 86.8 cm³/mol. The Morgan fingerprint density at radius 2 is 2.22 bits per heavy atom. The van der Waals surface area contributed by atoms with Gasteiger partial charge in [-0.15, -0.1) is 0 Å². The van der Waals surface area contributed by atoms with Crippen LogP contribution in [0, 0.1) is 6.92 Å². The molecule has 0 saturated carbocycles. The standard InChI is InChI=1S/C16H16ClN5O/c1-3-23-8-14-19-16-15-11(17)5-4-6-12(15)21-9-18-10(2)13(21)7-22(16)20-14/h4-6,9H,3,7-8H2,1-2H3. The van der Waals surface area contributed by atoms with Crippen LogP contribution in [0.4, 0.5) is 0 Å². The Hall–Kier alpha value is -2.18. The lowest BCUT2D eigenvalue weighted by atomic mass is 10.1. The molecule has 1 aromatic carbocycles. The second-order valence-corrected chi connectivity index (χ2v) is 5.83. The number of hydrogen-bond donors (Lipinski definition) is 0. The molecule has 0 N–H and O–H groups in total. The molecular formula is C16H16ClN5O. The zero-order valence-corrected chi connectivity index (χ0v) is 13.7. The van der Waals surface area contributed by atoms with Crippen molar-refractivity contribution in [2.24, 2.45) is 0 Å². The predicted octanol–water partition coefficient (Wildman–Crippen LogP) is 2.99. The van der Waals surface area contributed by atoms with E-state index < -0.39 is 0 Å². The quantitative estimate of drug-likeness (QED) is 0.580. The van der Waals surface area contributed by atoms with Crippen LogP contribution in [0.5, 0.6) is 0 Å². The molecule has 1 aliphatic heterocycles. The van der Waals surface area contributed by atoms with Gasteiger partial charge in [0.2, 0.25) is 0 Å². The molecule has 4 rings (SSSR count). The molecule has 0 saturated heterocycles. The molecule has 0 fully saturated rings. The average Bonchev–Trinajstić information content (AvgIpc) is 3.07. The molecule has 0 bridgehead atoms. The van der Waals surface area contributed by atoms with Crippen molar-refractivity contribution in [3.8, 4) is 17.1 Å². The number of aromatic nitrogens is 5. The van der Waals surface area contributed by atoms with E-state index in [0.29, 0.717) is 30.6 Å². The highest BCUT2D eigenvalue weighted by molar-refractivity contribution is 6.33. The fraction of sp³-hybridized carbons (Fsp3) is 0.312. The molecule has 3 heterocycles. The van der Waals surface area contributed by atoms with Crippen molar-refractivity contribution < 1.29 is 4.74 Å². The number of rotatable bonds is 3. The summed E-state index contributed by atoms with van der Waals surface area (Å²) in [4.78, 5) is 9.08. The van der Waals surface area contributed by atoms with E-state index >= 15 is 0 Å². The Morgan fingerprint density at radius 1 is 1.35 bits per heavy atom. The topological polar surface area (TPSA) is 57.8 Å². The number of nitrogens with zero attached hydrogens (tertiary/aromatic N) is 5. The minimum Gasteiger partial charge on any atom is -0.374 e. The highest BCUT2D eigenvalue weighted by Crippen LogP contribution is 2.36. The van der Waals surface area contributed by atoms with Gasteiger partial charge in [0.15, 0.2) is 11.6 Å². The first-order valence-electron chi connectivity index (χ1n) is 7.52. The van der Waals surface area contributed by atoms with Gasteiger partial charge >= 0.3 is 0 Å². The van der Waals surface area contributed by atoms with E-state index in [1.807, 2.05) is 43.1 Å². The van der Waals surface area contributed by atoms with E-state index in [9.17, 15) is 0 Å². The average molecular weight is 330 g/mol. The normalized spacial score (nSPS) is 12.5. The van der Waals surface area contributed by atoms with E-state index in [-0.39, 0.29) is 0 Å². The molecule has 0 amide bonds. The Kier molecular flexibility index (Phi) is 3.43. The van der Waals surface area contributed by atoms with Gasteiger partial charge in [-0.1, -0.05) is 17.7 Å². The third kappa shape index (κ3) is 2.26. The van der Waals surface area contributed by atoms with Gasteiger partial charge in [-0.05, 0) is 26.0 Å². The molecule has 0 aliphatic carbocycles. The second kappa shape index (κ2) is 5.47. The zero-order valence-electron chi connectivity index (χ0n) is 13.0. The molecule has 2 aromatic heterocycles. The lowest BCUT2D eigenvalue weighted by Gasteiger charge is -2.09. The van der Waals surface area contributed by atoms with Crippen molar-refractivity contribution in [1.82, 2.24) is 24.3 Å². The Labute approximate surface area is 138 Å². The fourth-order valence-corrected chi connectivity index (χ4v) is 3.13. The highest BCUT2D eigenvalue weighted by atomic mass is 35.5. The molecule has 0 spiro atoms. The number of benzene rings is 1. The fourth-order valence-electron chi connectivity index (χ4n) is 2.88. The van der Waals surface area contributed by atoms with Crippen LogP contribution in [0.25, 0.3) is 17.1 Å². The molecule has 7 heteroatoms. The lowest BCUT2D eigenvalue weighted by molar-refractivity contribution is 0.128. The third-order valence-corrected chi connectivity index (χ3v) is 4.32. The Morgan fingerprint density at radius 3 is 3.04 bits per heavy atom. The number of ether oxygens (including phenoxy) is 1. The zero-order chi connectivity index (χ0) is 16.0. The van der Waals surface area contributed by atoms with Gasteiger partial charge in [0.25, 0.3) is 0 Å². The second-order valence-electron chi connectivity index (χ2n) is 5.43. The largest absolute Gasteiger partial charge is 0.374 e. The number of hydrogen-bond acceptors (Lipinski definition) is 4. The van der Waals surface area contributed by atoms with Gasteiger partial charge < -0.3 is 9.30 Å². The number of fused-ring (bicyclic) bond motifs is 5. The first-order chi connectivity index (χ1) is 11.2. The van der Waals surface area contributed by atoms with Crippen molar-refractivity contribution in [3.63, 3.8) is 0 Å². The van der Waals surface area contributed by atoms with E-state index in [1.165, 1.54) is 0 Å². The molecule has 6 nitrogen and oxygen atoms in total. The van der Waals surface area contributed by atoms with Crippen LogP contribution < -0.4 is 0 Å². The lowest BCUT2D eigenvalue weighted by Crippen LogP contribution is -2.06. The summed E-state index contributed by atoms with van der Waals surface area (Å²) in [6.45, 7) is 5.58. The van der Waals surface area contributed by atoms with E-state index in [4.69, 9.17) is 16.3 Å². The minimum atomic E-state index is 0.397. The molecule has 0 unspecified atom stereocenters. The monoisotopic (exact) mass is 329 g/mol. The van der Waals surface area contributed by atoms with Crippen molar-refractivity contribution in [3.05, 3.63) is 46.8 Å². The smallest absolute Gasteiger partial charge is 0.176 e. The molecule has 0 radical (unpaired) electrons. The first kappa shape index (κ1) is 14.4. The molecule has 118 valence electrons. The van der Waals surface area contributed by atoms with Crippen LogP contribution in [0.3, 0.4) is 0 Å². The van der Waals surface area contributed by atoms with Crippen molar-refractivity contribution in [1.29, 1.82) is 0 Å². The molecule has 1 aliphatic rings. The summed E-state index contributed by atoms with van der Waals surface area (Å²) in [6.07, 6.45) is 1.83. The van der Waals surface area contributed by atoms with Gasteiger partial charge in [-0.25, -0.2) is 14.6 Å². The van der Waals surface area contributed by atoms with Crippen molar-refractivity contribution in [2.45, 2.75) is 27.0 Å². The van der Waals surface area contributed by atoms with Gasteiger partial charge in [0.1, 0.15) is 6.61 Å². The molecular weight excluding hydrogens is 314 g/mol. The maximum atomic E-state index is 6.48. The van der Waals surface area contributed by atoms with Crippen LogP contribution in [0.2, 0.25) is 5.02 Å². The first-order valence-corrected chi connectivity index (χ1v) is 7.90.